The van der Waals surface area contributed by atoms with E-state index < -0.39 is 5.97 Å². The molecule has 0 spiro atoms. The molecular weight excluding hydrogens is 318 g/mol. The van der Waals surface area contributed by atoms with Crippen molar-refractivity contribution in [2.45, 2.75) is 10.6 Å². The van der Waals surface area contributed by atoms with Gasteiger partial charge in [0, 0.05) is 15.1 Å². The third-order valence-corrected chi connectivity index (χ3v) is 4.28. The summed E-state index contributed by atoms with van der Waals surface area (Å²) >= 11 is 4.90. The number of hydrogen-bond acceptors (Lipinski definition) is 4. The Bertz CT molecular complexity index is 582. The summed E-state index contributed by atoms with van der Waals surface area (Å²) in [5.74, 6) is -0.0658. The molecule has 3 N–H and O–H groups in total. The van der Waals surface area contributed by atoms with E-state index in [1.165, 1.54) is 24.1 Å². The molecule has 0 saturated heterocycles. The highest BCUT2D eigenvalue weighted by Crippen LogP contribution is 2.32. The van der Waals surface area contributed by atoms with E-state index in [0.29, 0.717) is 17.2 Å². The van der Waals surface area contributed by atoms with Gasteiger partial charge in [-0.05, 0) is 40.2 Å². The fourth-order valence-electron chi connectivity index (χ4n) is 1.42. The van der Waals surface area contributed by atoms with Crippen molar-refractivity contribution in [3.05, 3.63) is 46.3 Å². The van der Waals surface area contributed by atoms with E-state index in [4.69, 9.17) is 15.3 Å². The van der Waals surface area contributed by atoms with Crippen LogP contribution in [0.4, 0.5) is 5.69 Å². The predicted molar refractivity (Wildman–Crippen MR) is 73.8 cm³/mol. The molecule has 1 aromatic heterocycles. The largest absolute Gasteiger partial charge is 0.478 e. The lowest BCUT2D eigenvalue weighted by atomic mass is 10.3. The van der Waals surface area contributed by atoms with Crippen LogP contribution in [-0.2, 0) is 5.75 Å². The molecule has 1 heterocycles. The Morgan fingerprint density at radius 1 is 1.44 bits per heavy atom. The SMILES string of the molecule is Nc1ccc(SCc2occc2C(=O)O)c(Br)c1. The van der Waals surface area contributed by atoms with Gasteiger partial charge in [0.2, 0.25) is 0 Å². The number of halogens is 1. The highest BCUT2D eigenvalue weighted by molar-refractivity contribution is 9.10. The molecule has 0 bridgehead atoms. The van der Waals surface area contributed by atoms with Crippen LogP contribution < -0.4 is 5.73 Å². The van der Waals surface area contributed by atoms with Gasteiger partial charge in [0.05, 0.1) is 12.0 Å². The van der Waals surface area contributed by atoms with Crippen molar-refractivity contribution in [2.24, 2.45) is 0 Å². The van der Waals surface area contributed by atoms with Crippen LogP contribution in [0, 0.1) is 0 Å². The van der Waals surface area contributed by atoms with E-state index >= 15 is 0 Å². The third kappa shape index (κ3) is 2.88. The number of carbonyl (C=O) groups is 1. The smallest absolute Gasteiger partial charge is 0.339 e. The summed E-state index contributed by atoms with van der Waals surface area (Å²) in [5, 5.41) is 8.95. The molecule has 0 saturated carbocycles. The first kappa shape index (κ1) is 13.0. The Balaban J connectivity index is 2.11. The normalized spacial score (nSPS) is 10.5. The highest BCUT2D eigenvalue weighted by Gasteiger charge is 2.13. The van der Waals surface area contributed by atoms with E-state index in [-0.39, 0.29) is 5.56 Å². The van der Waals surface area contributed by atoms with Crippen molar-refractivity contribution in [1.82, 2.24) is 0 Å². The van der Waals surface area contributed by atoms with Crippen molar-refractivity contribution < 1.29 is 14.3 Å². The Morgan fingerprint density at radius 3 is 2.89 bits per heavy atom. The fourth-order valence-corrected chi connectivity index (χ4v) is 3.03. The van der Waals surface area contributed by atoms with Crippen molar-refractivity contribution in [2.75, 3.05) is 5.73 Å². The zero-order valence-corrected chi connectivity index (χ0v) is 11.6. The van der Waals surface area contributed by atoms with Crippen LogP contribution in [0.1, 0.15) is 16.1 Å². The predicted octanol–water partition coefficient (Wildman–Crippen LogP) is 3.61. The number of aromatic carboxylic acids is 1. The molecular formula is C12H10BrNO3S. The molecule has 2 rings (SSSR count). The lowest BCUT2D eigenvalue weighted by molar-refractivity contribution is 0.0695. The quantitative estimate of drug-likeness (QED) is 0.662. The molecule has 18 heavy (non-hydrogen) atoms. The maximum Gasteiger partial charge on any atom is 0.339 e. The number of nitrogen functional groups attached to an aromatic ring is 1. The Morgan fingerprint density at radius 2 is 2.22 bits per heavy atom. The third-order valence-electron chi connectivity index (χ3n) is 2.29. The van der Waals surface area contributed by atoms with Gasteiger partial charge in [-0.25, -0.2) is 4.79 Å². The number of anilines is 1. The van der Waals surface area contributed by atoms with Crippen molar-refractivity contribution in [1.29, 1.82) is 0 Å². The highest BCUT2D eigenvalue weighted by atomic mass is 79.9. The van der Waals surface area contributed by atoms with Gasteiger partial charge >= 0.3 is 5.97 Å². The van der Waals surface area contributed by atoms with Crippen molar-refractivity contribution in [3.8, 4) is 0 Å². The number of rotatable bonds is 4. The van der Waals surface area contributed by atoms with E-state index in [9.17, 15) is 4.79 Å². The fraction of sp³-hybridized carbons (Fsp3) is 0.0833. The summed E-state index contributed by atoms with van der Waals surface area (Å²) in [5.41, 5.74) is 6.53. The summed E-state index contributed by atoms with van der Waals surface area (Å²) in [6.45, 7) is 0. The van der Waals surface area contributed by atoms with Crippen molar-refractivity contribution >= 4 is 39.3 Å². The maximum absolute atomic E-state index is 10.9. The average Bonchev–Trinajstić information content (AvgIpc) is 2.76. The summed E-state index contributed by atoms with van der Waals surface area (Å²) in [6, 6.07) is 6.94. The molecule has 94 valence electrons. The van der Waals surface area contributed by atoms with Crippen molar-refractivity contribution in [3.63, 3.8) is 0 Å². The molecule has 6 heteroatoms. The minimum atomic E-state index is -0.976. The van der Waals surface area contributed by atoms with Gasteiger partial charge in [0.25, 0.3) is 0 Å². The lowest BCUT2D eigenvalue weighted by Crippen LogP contribution is -1.97. The number of furan rings is 1. The summed E-state index contributed by atoms with van der Waals surface area (Å²) in [7, 11) is 0. The zero-order valence-electron chi connectivity index (χ0n) is 9.22. The van der Waals surface area contributed by atoms with E-state index in [0.717, 1.165) is 9.37 Å². The van der Waals surface area contributed by atoms with Crippen LogP contribution in [0.2, 0.25) is 0 Å². The number of nitrogens with two attached hydrogens (primary N) is 1. The van der Waals surface area contributed by atoms with E-state index in [1.807, 2.05) is 12.1 Å². The molecule has 0 atom stereocenters. The Kier molecular flexibility index (Phi) is 3.98. The van der Waals surface area contributed by atoms with Gasteiger partial charge in [0.1, 0.15) is 11.3 Å². The maximum atomic E-state index is 10.9. The Hall–Kier alpha value is -1.40. The van der Waals surface area contributed by atoms with Gasteiger partial charge in [-0.2, -0.15) is 0 Å². The van der Waals surface area contributed by atoms with Gasteiger partial charge in [-0.1, -0.05) is 0 Å². The van der Waals surface area contributed by atoms with Crippen LogP contribution in [0.3, 0.4) is 0 Å². The first-order valence-corrected chi connectivity index (χ1v) is 6.83. The topological polar surface area (TPSA) is 76.5 Å². The van der Waals surface area contributed by atoms with Crippen LogP contribution in [-0.4, -0.2) is 11.1 Å². The number of thioether (sulfide) groups is 1. The first-order chi connectivity index (χ1) is 8.58. The second kappa shape index (κ2) is 5.49. The molecule has 0 aliphatic rings. The summed E-state index contributed by atoms with van der Waals surface area (Å²) < 4.78 is 6.05. The molecule has 0 unspecified atom stereocenters. The van der Waals surface area contributed by atoms with Gasteiger partial charge in [-0.3, -0.25) is 0 Å². The summed E-state index contributed by atoms with van der Waals surface area (Å²) in [6.07, 6.45) is 1.39. The number of benzene rings is 1. The second-order valence-electron chi connectivity index (χ2n) is 3.54. The molecule has 4 nitrogen and oxygen atoms in total. The molecule has 2 aromatic rings. The first-order valence-electron chi connectivity index (χ1n) is 5.05. The van der Waals surface area contributed by atoms with E-state index in [2.05, 4.69) is 15.9 Å². The van der Waals surface area contributed by atoms with Gasteiger partial charge in [-0.15, -0.1) is 11.8 Å². The number of hydrogen-bond donors (Lipinski definition) is 2. The monoisotopic (exact) mass is 327 g/mol. The molecule has 0 amide bonds. The molecule has 1 aromatic carbocycles. The standard InChI is InChI=1S/C12H10BrNO3S/c13-9-5-7(14)1-2-11(9)18-6-10-8(12(15)16)3-4-17-10/h1-5H,6,14H2,(H,15,16). The molecule has 0 aliphatic carbocycles. The minimum Gasteiger partial charge on any atom is -0.478 e. The molecule has 0 aliphatic heterocycles. The number of carboxylic acids is 1. The minimum absolute atomic E-state index is 0.203. The summed E-state index contributed by atoms with van der Waals surface area (Å²) in [4.78, 5) is 11.9. The van der Waals surface area contributed by atoms with Crippen LogP contribution in [0.5, 0.6) is 0 Å². The van der Waals surface area contributed by atoms with Gasteiger partial charge in [0.15, 0.2) is 0 Å². The zero-order chi connectivity index (χ0) is 13.1. The van der Waals surface area contributed by atoms with Crippen LogP contribution in [0.25, 0.3) is 0 Å². The van der Waals surface area contributed by atoms with Crippen LogP contribution >= 0.6 is 27.7 Å². The van der Waals surface area contributed by atoms with Crippen LogP contribution in [0.15, 0.2) is 44.3 Å². The van der Waals surface area contributed by atoms with Gasteiger partial charge < -0.3 is 15.3 Å². The molecule has 0 fully saturated rings. The molecule has 0 radical (unpaired) electrons. The number of carboxylic acid groups (broad SMARTS) is 1. The average molecular weight is 328 g/mol. The second-order valence-corrected chi connectivity index (χ2v) is 5.41. The Labute approximate surface area is 116 Å². The van der Waals surface area contributed by atoms with E-state index in [1.54, 1.807) is 6.07 Å². The lowest BCUT2D eigenvalue weighted by Gasteiger charge is -2.04.